The fourth-order valence-corrected chi connectivity index (χ4v) is 13.0. The summed E-state index contributed by atoms with van der Waals surface area (Å²) in [4.78, 5) is 89.6. The number of hydrogen-bond acceptors (Lipinski definition) is 12. The smallest absolute Gasteiger partial charge is 0.870 e. The molecular formula is C66H79Br3Cl4N5NaO12. The maximum Gasteiger partial charge on any atom is 1.00 e. The van der Waals surface area contributed by atoms with Gasteiger partial charge in [0.2, 0.25) is 5.91 Å². The number of aromatic nitrogens is 3. The van der Waals surface area contributed by atoms with E-state index in [0.717, 1.165) is 153 Å². The zero-order valence-electron chi connectivity index (χ0n) is 50.7. The standard InChI is InChI=1S/C15H16ClNO2.C13H13ClN2O.C13H12ClNO2.C9H13BrO3.C9H14O3.C6H6ClN.CH4.Br2.Na.H2O/c1-2-19-15(18)11-5-3-4-10-12-8-9(16)6-7-13(12)17-14(10)11;14-7-4-5-11-10(6-7)8-2-1-3-9(13(15)17)12(8)16-11;14-7-4-5-11-10(6-7)8-2-1-3-9(13(16)17)12(8)15-11;1-2-13-9(12)6-4-3-5-7(10)8(6)11;1-2-12-9(11)7-5-3-4-6-8(7)10;7-5-1-3-6(8)4-2-5;;1-2;;/h6-8,11,17H,2-5H2,1H3;4-6,9,16H,1-3H2,(H2,15,17);4-6,9,15H,1-3H2,(H,16,17);6-7H,2-5H2,1H3;7H,2-6H2,1H3;1-4H,8H2;1H4;;;1H2/q;;;;;;;;+1;/p-1. The van der Waals surface area contributed by atoms with Crippen LogP contribution in [0.15, 0.2) is 78.9 Å². The van der Waals surface area contributed by atoms with Crippen molar-refractivity contribution in [2.75, 3.05) is 25.6 Å². The summed E-state index contributed by atoms with van der Waals surface area (Å²) in [5.41, 5.74) is 21.0. The minimum atomic E-state index is -0.747. The molecule has 0 radical (unpaired) electrons. The number of carboxylic acid groups (broad SMARTS) is 1. The molecule has 3 heterocycles. The van der Waals surface area contributed by atoms with Crippen molar-refractivity contribution in [1.82, 2.24) is 15.0 Å². The number of anilines is 1. The third kappa shape index (κ3) is 22.1. The second-order valence-corrected chi connectivity index (χ2v) is 24.5. The average molecular weight is 1540 g/mol. The van der Waals surface area contributed by atoms with Crippen LogP contribution >= 0.6 is 90.6 Å². The molecule has 1 amide bonds. The van der Waals surface area contributed by atoms with E-state index in [0.29, 0.717) is 50.5 Å². The Hall–Kier alpha value is -4.45. The molecule has 490 valence electrons. The Morgan fingerprint density at radius 1 is 0.516 bits per heavy atom. The Morgan fingerprint density at radius 2 is 0.879 bits per heavy atom. The van der Waals surface area contributed by atoms with Crippen molar-refractivity contribution in [3.63, 3.8) is 0 Å². The van der Waals surface area contributed by atoms with Crippen molar-refractivity contribution >= 4 is 170 Å². The number of primary amides is 1. The number of aromatic amines is 3. The number of H-pyrrole nitrogens is 3. The number of benzene rings is 4. The van der Waals surface area contributed by atoms with E-state index in [1.165, 1.54) is 11.1 Å². The number of carbonyl (C=O) groups excluding carboxylic acids is 6. The largest absolute Gasteiger partial charge is 1.00 e. The molecule has 2 fully saturated rings. The first-order chi connectivity index (χ1) is 42.2. The first-order valence-corrected chi connectivity index (χ1v) is 35.7. The number of rotatable bonds is 8. The molecule has 2 saturated carbocycles. The average Bonchev–Trinajstić information content (AvgIpc) is 1.65. The van der Waals surface area contributed by atoms with Crippen LogP contribution in [0.4, 0.5) is 5.69 Å². The van der Waals surface area contributed by atoms with Crippen LogP contribution in [0.5, 0.6) is 0 Å². The van der Waals surface area contributed by atoms with E-state index >= 15 is 0 Å². The predicted octanol–water partition coefficient (Wildman–Crippen LogP) is 13.9. The van der Waals surface area contributed by atoms with E-state index in [-0.39, 0.29) is 94.5 Å². The molecule has 0 spiro atoms. The van der Waals surface area contributed by atoms with E-state index in [1.807, 2.05) is 61.5 Å². The van der Waals surface area contributed by atoms with E-state index < -0.39 is 23.7 Å². The normalized spacial score (nSPS) is 19.1. The number of carboxylic acids is 1. The summed E-state index contributed by atoms with van der Waals surface area (Å²) in [6.45, 7) is 6.48. The van der Waals surface area contributed by atoms with Crippen LogP contribution < -0.4 is 41.0 Å². The molecule has 0 bridgehead atoms. The summed E-state index contributed by atoms with van der Waals surface area (Å²) in [6.07, 6.45) is 13.7. The minimum Gasteiger partial charge on any atom is -0.870 e. The van der Waals surface area contributed by atoms with E-state index in [4.69, 9.17) is 72.1 Å². The number of aliphatic carboxylic acids is 1. The maximum atomic E-state index is 12.0. The zero-order chi connectivity index (χ0) is 64.2. The number of fused-ring (bicyclic) bond motifs is 9. The molecule has 7 aromatic rings. The van der Waals surface area contributed by atoms with Crippen LogP contribution in [-0.2, 0) is 67.0 Å². The molecule has 12 rings (SSSR count). The van der Waals surface area contributed by atoms with Crippen LogP contribution in [0, 0.1) is 11.8 Å². The second-order valence-electron chi connectivity index (χ2n) is 21.6. The molecule has 17 nitrogen and oxygen atoms in total. The number of hydrogen-bond donors (Lipinski definition) is 6. The number of nitrogens with two attached hydrogens (primary N) is 2. The van der Waals surface area contributed by atoms with E-state index in [9.17, 15) is 38.7 Å². The molecule has 9 N–H and O–H groups in total. The van der Waals surface area contributed by atoms with Crippen LogP contribution in [0.3, 0.4) is 0 Å². The van der Waals surface area contributed by atoms with Crippen LogP contribution in [0.2, 0.25) is 20.1 Å². The molecular weight excluding hydrogens is 1460 g/mol. The van der Waals surface area contributed by atoms with Gasteiger partial charge in [-0.25, -0.2) is 0 Å². The number of nitrogens with one attached hydrogen (secondary N) is 3. The van der Waals surface area contributed by atoms with Gasteiger partial charge in [-0.1, -0.05) is 82.6 Å². The van der Waals surface area contributed by atoms with Crippen LogP contribution in [-0.4, -0.2) is 91.5 Å². The zero-order valence-corrected chi connectivity index (χ0v) is 60.5. The summed E-state index contributed by atoms with van der Waals surface area (Å²) < 4.78 is 14.8. The first-order valence-electron chi connectivity index (χ1n) is 29.5. The van der Waals surface area contributed by atoms with Gasteiger partial charge in [-0.2, -0.15) is 0 Å². The van der Waals surface area contributed by atoms with Crippen molar-refractivity contribution in [3.8, 4) is 0 Å². The van der Waals surface area contributed by atoms with Gasteiger partial charge in [0, 0.05) is 110 Å². The Kier molecular flexibility index (Phi) is 35.6. The number of ether oxygens (including phenoxy) is 3. The third-order valence-corrected chi connectivity index (χ3v) is 17.8. The van der Waals surface area contributed by atoms with Crippen molar-refractivity contribution in [3.05, 3.63) is 133 Å². The van der Waals surface area contributed by atoms with Gasteiger partial charge in [0.1, 0.15) is 17.6 Å². The Morgan fingerprint density at radius 3 is 1.29 bits per heavy atom. The van der Waals surface area contributed by atoms with Crippen LogP contribution in [0.1, 0.15) is 163 Å². The topological polar surface area (TPSA) is 297 Å². The molecule has 5 aliphatic carbocycles. The van der Waals surface area contributed by atoms with Crippen molar-refractivity contribution in [2.24, 2.45) is 17.6 Å². The van der Waals surface area contributed by atoms with Crippen molar-refractivity contribution in [2.45, 2.75) is 154 Å². The number of nitrogen functional groups attached to an aromatic ring is 1. The number of amides is 1. The summed E-state index contributed by atoms with van der Waals surface area (Å²) in [7, 11) is 0. The molecule has 6 unspecified atom stereocenters. The molecule has 3 aromatic heterocycles. The SMILES string of the molecule is BrBr.C.CCOC(=O)C1CCCC(Br)C1=O.CCOC(=O)C1CCCCC1=O.CCOC(=O)C1CCCc2c1[nH]c1ccc(Cl)cc21.NC(=O)C1CCCc2c1[nH]c1ccc(Cl)cc21.Nc1ccc(Cl)cc1.O=C(O)C1CCCc2c1[nH]c1ccc(Cl)cc21.[Na+].[OH-]. The van der Waals surface area contributed by atoms with Gasteiger partial charge in [-0.15, -0.1) is 0 Å². The third-order valence-electron chi connectivity index (χ3n) is 15.9. The number of alkyl halides is 1. The van der Waals surface area contributed by atoms with Gasteiger partial charge in [0.05, 0.1) is 42.4 Å². The summed E-state index contributed by atoms with van der Waals surface area (Å²) in [5, 5.41) is 15.4. The number of ketones is 2. The Bertz CT molecular complexity index is 3440. The molecule has 4 aromatic carbocycles. The molecule has 25 heteroatoms. The molecule has 0 aliphatic heterocycles. The minimum absolute atomic E-state index is 0. The number of aryl methyl sites for hydroxylation is 3. The summed E-state index contributed by atoms with van der Waals surface area (Å²) >= 11 is 32.4. The Labute approximate surface area is 597 Å². The van der Waals surface area contributed by atoms with Crippen molar-refractivity contribution in [1.29, 1.82) is 0 Å². The second kappa shape index (κ2) is 40.1. The van der Waals surface area contributed by atoms with Crippen molar-refractivity contribution < 1.29 is 87.9 Å². The van der Waals surface area contributed by atoms with Gasteiger partial charge in [0.15, 0.2) is 5.78 Å². The molecule has 5 aliphatic rings. The summed E-state index contributed by atoms with van der Waals surface area (Å²) in [5.74, 6) is -3.50. The number of carbonyl (C=O) groups is 7. The fourth-order valence-electron chi connectivity index (χ4n) is 11.7. The number of esters is 3. The van der Waals surface area contributed by atoms with Gasteiger partial charge < -0.3 is 51.2 Å². The molecule has 0 saturated heterocycles. The van der Waals surface area contributed by atoms with E-state index in [2.05, 4.69) is 59.1 Å². The maximum absolute atomic E-state index is 12.0. The quantitative estimate of drug-likeness (QED) is 0.0206. The Balaban J connectivity index is 0.000000286. The fraction of sp³-hybridized carbons (Fsp3) is 0.439. The van der Waals surface area contributed by atoms with E-state index in [1.54, 1.807) is 38.1 Å². The number of Topliss-reactive ketones (excluding diaryl/α,β-unsaturated/α-hetero) is 2. The first kappa shape index (κ1) is 80.8. The van der Waals surface area contributed by atoms with Gasteiger partial charge in [-0.3, -0.25) is 33.6 Å². The number of halogens is 7. The van der Waals surface area contributed by atoms with Gasteiger partial charge >= 0.3 is 53.4 Å². The molecule has 91 heavy (non-hydrogen) atoms. The monoisotopic (exact) mass is 1530 g/mol. The van der Waals surface area contributed by atoms with Gasteiger partial charge in [0.25, 0.3) is 0 Å². The van der Waals surface area contributed by atoms with Crippen LogP contribution in [0.25, 0.3) is 32.7 Å². The summed E-state index contributed by atoms with van der Waals surface area (Å²) in [6, 6.07) is 24.3. The predicted molar refractivity (Wildman–Crippen MR) is 368 cm³/mol. The molecule has 6 atom stereocenters. The van der Waals surface area contributed by atoms with Gasteiger partial charge in [-0.05, 0) is 200 Å².